The van der Waals surface area contributed by atoms with Crippen LogP contribution in [0.3, 0.4) is 0 Å². The van der Waals surface area contributed by atoms with Crippen molar-refractivity contribution in [3.8, 4) is 17.2 Å². The third-order valence-electron chi connectivity index (χ3n) is 5.04. The Hall–Kier alpha value is -2.24. The van der Waals surface area contributed by atoms with Crippen molar-refractivity contribution in [3.05, 3.63) is 54.1 Å². The molecule has 1 saturated heterocycles. The van der Waals surface area contributed by atoms with Crippen LogP contribution in [0.2, 0.25) is 0 Å². The molecule has 6 nitrogen and oxygen atoms in total. The molecule has 0 bridgehead atoms. The van der Waals surface area contributed by atoms with Gasteiger partial charge in [0, 0.05) is 25.7 Å². The molecular weight excluding hydrogens is 362 g/mol. The standard InChI is InChI=1S/C20H23N3O3S/c1-22(12-13-24)19-10-11-23(15-19)27(25,26)20-8-6-18(7-9-20)17-4-2-16(14-21)3-5-17/h2-9,19,24H,10-13,15H2,1H3. The molecule has 0 saturated carbocycles. The first kappa shape index (κ1) is 19.5. The van der Waals surface area contributed by atoms with Crippen LogP contribution in [0.5, 0.6) is 0 Å². The van der Waals surface area contributed by atoms with Crippen molar-refractivity contribution in [1.82, 2.24) is 9.21 Å². The van der Waals surface area contributed by atoms with Gasteiger partial charge in [-0.05, 0) is 48.9 Å². The van der Waals surface area contributed by atoms with Crippen LogP contribution in [0, 0.1) is 11.3 Å². The Morgan fingerprint density at radius 2 is 1.74 bits per heavy atom. The monoisotopic (exact) mass is 385 g/mol. The van der Waals surface area contributed by atoms with Gasteiger partial charge in [-0.1, -0.05) is 24.3 Å². The van der Waals surface area contributed by atoms with Crippen molar-refractivity contribution in [1.29, 1.82) is 5.26 Å². The van der Waals surface area contributed by atoms with Crippen molar-refractivity contribution in [2.24, 2.45) is 0 Å². The van der Waals surface area contributed by atoms with Gasteiger partial charge in [0.15, 0.2) is 0 Å². The molecule has 0 radical (unpaired) electrons. The van der Waals surface area contributed by atoms with Gasteiger partial charge in [-0.25, -0.2) is 8.42 Å². The molecule has 0 aliphatic carbocycles. The Kier molecular flexibility index (Phi) is 5.92. The summed E-state index contributed by atoms with van der Waals surface area (Å²) in [6.07, 6.45) is 0.763. The maximum absolute atomic E-state index is 12.9. The summed E-state index contributed by atoms with van der Waals surface area (Å²) in [5, 5.41) is 17.9. The highest BCUT2D eigenvalue weighted by atomic mass is 32.2. The molecule has 1 unspecified atom stereocenters. The number of sulfonamides is 1. The molecule has 27 heavy (non-hydrogen) atoms. The predicted molar refractivity (Wildman–Crippen MR) is 103 cm³/mol. The topological polar surface area (TPSA) is 84.6 Å². The lowest BCUT2D eigenvalue weighted by molar-refractivity contribution is 0.184. The van der Waals surface area contributed by atoms with E-state index in [-0.39, 0.29) is 17.5 Å². The van der Waals surface area contributed by atoms with Gasteiger partial charge in [0.25, 0.3) is 0 Å². The van der Waals surface area contributed by atoms with Gasteiger partial charge in [0.05, 0.1) is 23.1 Å². The summed E-state index contributed by atoms with van der Waals surface area (Å²) in [6, 6.07) is 16.2. The molecule has 3 rings (SSSR count). The third kappa shape index (κ3) is 4.20. The van der Waals surface area contributed by atoms with Gasteiger partial charge in [0.1, 0.15) is 0 Å². The number of nitrogens with zero attached hydrogens (tertiary/aromatic N) is 3. The van der Waals surface area contributed by atoms with Crippen molar-refractivity contribution in [3.63, 3.8) is 0 Å². The second-order valence-electron chi connectivity index (χ2n) is 6.72. The van der Waals surface area contributed by atoms with E-state index in [4.69, 9.17) is 10.4 Å². The lowest BCUT2D eigenvalue weighted by Crippen LogP contribution is -2.37. The van der Waals surface area contributed by atoms with Crippen LogP contribution in [0.4, 0.5) is 0 Å². The van der Waals surface area contributed by atoms with Crippen LogP contribution in [0.25, 0.3) is 11.1 Å². The predicted octanol–water partition coefficient (Wildman–Crippen LogP) is 1.91. The molecule has 1 aliphatic heterocycles. The van der Waals surface area contributed by atoms with Crippen LogP contribution >= 0.6 is 0 Å². The minimum Gasteiger partial charge on any atom is -0.395 e. The number of likely N-dealkylation sites (N-methyl/N-ethyl adjacent to an activating group) is 1. The van der Waals surface area contributed by atoms with Crippen LogP contribution < -0.4 is 0 Å². The Morgan fingerprint density at radius 3 is 2.30 bits per heavy atom. The summed E-state index contributed by atoms with van der Waals surface area (Å²) >= 11 is 0. The number of rotatable bonds is 6. The largest absolute Gasteiger partial charge is 0.395 e. The van der Waals surface area contributed by atoms with E-state index in [1.165, 1.54) is 4.31 Å². The second-order valence-corrected chi connectivity index (χ2v) is 8.66. The van der Waals surface area contributed by atoms with E-state index in [1.54, 1.807) is 36.4 Å². The Morgan fingerprint density at radius 1 is 1.15 bits per heavy atom. The summed E-state index contributed by atoms with van der Waals surface area (Å²) in [7, 11) is -1.62. The molecule has 1 fully saturated rings. The number of aliphatic hydroxyl groups is 1. The fourth-order valence-electron chi connectivity index (χ4n) is 3.33. The first-order valence-electron chi connectivity index (χ1n) is 8.87. The maximum atomic E-state index is 12.9. The summed E-state index contributed by atoms with van der Waals surface area (Å²) in [5.41, 5.74) is 2.43. The van der Waals surface area contributed by atoms with Gasteiger partial charge in [-0.2, -0.15) is 9.57 Å². The number of hydrogen-bond donors (Lipinski definition) is 1. The molecule has 0 aromatic heterocycles. The minimum absolute atomic E-state index is 0.0660. The van der Waals surface area contributed by atoms with Crippen LogP contribution in [-0.2, 0) is 10.0 Å². The molecule has 2 aromatic rings. The zero-order valence-electron chi connectivity index (χ0n) is 15.2. The molecular formula is C20H23N3O3S. The zero-order valence-corrected chi connectivity index (χ0v) is 16.1. The lowest BCUT2D eigenvalue weighted by Gasteiger charge is -2.23. The third-order valence-corrected chi connectivity index (χ3v) is 6.92. The van der Waals surface area contributed by atoms with Gasteiger partial charge < -0.3 is 5.11 Å². The van der Waals surface area contributed by atoms with E-state index in [1.807, 2.05) is 24.1 Å². The molecule has 1 N–H and O–H groups in total. The SMILES string of the molecule is CN(CCO)C1CCN(S(=O)(=O)c2ccc(-c3ccc(C#N)cc3)cc2)C1. The van der Waals surface area contributed by atoms with Gasteiger partial charge >= 0.3 is 0 Å². The highest BCUT2D eigenvalue weighted by molar-refractivity contribution is 7.89. The number of nitriles is 1. The fraction of sp³-hybridized carbons (Fsp3) is 0.350. The van der Waals surface area contributed by atoms with E-state index in [0.717, 1.165) is 17.5 Å². The van der Waals surface area contributed by atoms with E-state index in [2.05, 4.69) is 6.07 Å². The van der Waals surface area contributed by atoms with Gasteiger partial charge in [-0.3, -0.25) is 4.90 Å². The summed E-state index contributed by atoms with van der Waals surface area (Å²) in [4.78, 5) is 2.29. The average Bonchev–Trinajstić information content (AvgIpc) is 3.20. The first-order chi connectivity index (χ1) is 13.0. The smallest absolute Gasteiger partial charge is 0.243 e. The Balaban J connectivity index is 1.75. The highest BCUT2D eigenvalue weighted by Crippen LogP contribution is 2.26. The second kappa shape index (κ2) is 8.19. The fourth-order valence-corrected chi connectivity index (χ4v) is 4.83. The highest BCUT2D eigenvalue weighted by Gasteiger charge is 2.34. The number of hydrogen-bond acceptors (Lipinski definition) is 5. The van der Waals surface area contributed by atoms with Crippen LogP contribution in [0.15, 0.2) is 53.4 Å². The molecule has 0 amide bonds. The van der Waals surface area contributed by atoms with E-state index < -0.39 is 10.0 Å². The van der Waals surface area contributed by atoms with Gasteiger partial charge in [-0.15, -0.1) is 0 Å². The molecule has 1 heterocycles. The van der Waals surface area contributed by atoms with Crippen LogP contribution in [0.1, 0.15) is 12.0 Å². The van der Waals surface area contributed by atoms with Crippen molar-refractivity contribution < 1.29 is 13.5 Å². The normalized spacial score (nSPS) is 17.9. The Labute approximate surface area is 160 Å². The van der Waals surface area contributed by atoms with Crippen molar-refractivity contribution >= 4 is 10.0 Å². The zero-order chi connectivity index (χ0) is 19.4. The minimum atomic E-state index is -3.53. The Bertz CT molecular complexity index is 918. The van der Waals surface area contributed by atoms with E-state index in [9.17, 15) is 8.42 Å². The molecule has 142 valence electrons. The number of benzene rings is 2. The van der Waals surface area contributed by atoms with Crippen molar-refractivity contribution in [2.45, 2.75) is 17.4 Å². The van der Waals surface area contributed by atoms with Crippen LogP contribution in [-0.4, -0.2) is 62.1 Å². The average molecular weight is 385 g/mol. The summed E-state index contributed by atoms with van der Waals surface area (Å²) < 4.78 is 27.3. The lowest BCUT2D eigenvalue weighted by atomic mass is 10.0. The maximum Gasteiger partial charge on any atom is 0.243 e. The van der Waals surface area contributed by atoms with E-state index >= 15 is 0 Å². The number of aliphatic hydroxyl groups excluding tert-OH is 1. The molecule has 1 aliphatic rings. The summed E-state index contributed by atoms with van der Waals surface area (Å²) in [5.74, 6) is 0. The van der Waals surface area contributed by atoms with Crippen molar-refractivity contribution in [2.75, 3.05) is 33.3 Å². The molecule has 2 aromatic carbocycles. The van der Waals surface area contributed by atoms with E-state index in [0.29, 0.717) is 25.2 Å². The molecule has 0 spiro atoms. The summed E-state index contributed by atoms with van der Waals surface area (Å²) in [6.45, 7) is 1.53. The first-order valence-corrected chi connectivity index (χ1v) is 10.3. The molecule has 1 atom stereocenters. The molecule has 7 heteroatoms. The quantitative estimate of drug-likeness (QED) is 0.821. The van der Waals surface area contributed by atoms with Gasteiger partial charge in [0.2, 0.25) is 10.0 Å².